The van der Waals surface area contributed by atoms with Crippen molar-refractivity contribution < 1.29 is 23.0 Å². The summed E-state index contributed by atoms with van der Waals surface area (Å²) in [5, 5.41) is 12.9. The van der Waals surface area contributed by atoms with E-state index >= 15 is 0 Å². The Kier molecular flexibility index (Phi) is 4.13. The second-order valence-electron chi connectivity index (χ2n) is 4.65. The first kappa shape index (κ1) is 14.3. The molecular formula is C13H16F3NO2. The van der Waals surface area contributed by atoms with Gasteiger partial charge in [0.05, 0.1) is 6.61 Å². The molecule has 106 valence electrons. The number of rotatable bonds is 3. The average molecular weight is 275 g/mol. The topological polar surface area (TPSA) is 41.5 Å². The molecule has 2 rings (SSSR count). The van der Waals surface area contributed by atoms with Crippen LogP contribution in [0, 0.1) is 0 Å². The van der Waals surface area contributed by atoms with Crippen LogP contribution >= 0.6 is 0 Å². The summed E-state index contributed by atoms with van der Waals surface area (Å²) in [4.78, 5) is 0. The van der Waals surface area contributed by atoms with Crippen molar-refractivity contribution in [3.05, 3.63) is 35.9 Å². The third-order valence-corrected chi connectivity index (χ3v) is 3.27. The molecule has 0 spiro atoms. The first-order valence-electron chi connectivity index (χ1n) is 6.09. The fourth-order valence-electron chi connectivity index (χ4n) is 2.18. The molecule has 6 heteroatoms. The summed E-state index contributed by atoms with van der Waals surface area (Å²) in [6.45, 7) is 0.649. The quantitative estimate of drug-likeness (QED) is 0.878. The molecule has 19 heavy (non-hydrogen) atoms. The molecule has 0 saturated carbocycles. The van der Waals surface area contributed by atoms with E-state index in [1.54, 1.807) is 30.3 Å². The molecule has 0 amide bonds. The van der Waals surface area contributed by atoms with Gasteiger partial charge < -0.3 is 15.2 Å². The Balaban J connectivity index is 2.24. The lowest BCUT2D eigenvalue weighted by Gasteiger charge is -2.39. The minimum absolute atomic E-state index is 0.0111. The zero-order valence-electron chi connectivity index (χ0n) is 10.3. The highest BCUT2D eigenvalue weighted by atomic mass is 19.4. The van der Waals surface area contributed by atoms with Crippen molar-refractivity contribution in [1.82, 2.24) is 5.32 Å². The molecule has 1 aliphatic rings. The molecule has 0 aliphatic carbocycles. The summed E-state index contributed by atoms with van der Waals surface area (Å²) in [7, 11) is 0. The normalized spacial score (nSPS) is 23.9. The lowest BCUT2D eigenvalue weighted by molar-refractivity contribution is -0.297. The minimum atomic E-state index is -4.74. The predicted molar refractivity (Wildman–Crippen MR) is 63.8 cm³/mol. The fourth-order valence-corrected chi connectivity index (χ4v) is 2.18. The van der Waals surface area contributed by atoms with Crippen LogP contribution in [0.5, 0.6) is 0 Å². The smallest absolute Gasteiger partial charge is 0.378 e. The van der Waals surface area contributed by atoms with E-state index < -0.39 is 24.3 Å². The second-order valence-corrected chi connectivity index (χ2v) is 4.65. The molecule has 0 bridgehead atoms. The van der Waals surface area contributed by atoms with Crippen LogP contribution in [0.1, 0.15) is 5.56 Å². The molecule has 2 N–H and O–H groups in total. The standard InChI is InChI=1S/C13H16F3NO2/c14-13(15,16)12(18,11-9-17-6-7-19-11)8-10-4-2-1-3-5-10/h1-5,11,17-18H,6-9H2. The van der Waals surface area contributed by atoms with E-state index in [2.05, 4.69) is 5.32 Å². The number of aliphatic hydroxyl groups is 1. The van der Waals surface area contributed by atoms with Crippen LogP contribution in [-0.4, -0.2) is 42.7 Å². The molecule has 1 aliphatic heterocycles. The Morgan fingerprint density at radius 1 is 1.26 bits per heavy atom. The molecule has 2 unspecified atom stereocenters. The number of morpholine rings is 1. The van der Waals surface area contributed by atoms with Crippen LogP contribution in [0.25, 0.3) is 0 Å². The van der Waals surface area contributed by atoms with E-state index in [0.717, 1.165) is 0 Å². The van der Waals surface area contributed by atoms with Crippen molar-refractivity contribution in [2.75, 3.05) is 19.7 Å². The maximum atomic E-state index is 13.2. The van der Waals surface area contributed by atoms with Crippen molar-refractivity contribution in [3.8, 4) is 0 Å². The van der Waals surface area contributed by atoms with E-state index in [4.69, 9.17) is 4.74 Å². The predicted octanol–water partition coefficient (Wildman–Crippen LogP) is 1.51. The molecule has 3 nitrogen and oxygen atoms in total. The van der Waals surface area contributed by atoms with Crippen molar-refractivity contribution >= 4 is 0 Å². The molecule has 0 aromatic heterocycles. The first-order valence-corrected chi connectivity index (χ1v) is 6.09. The number of halogens is 3. The van der Waals surface area contributed by atoms with E-state index in [9.17, 15) is 18.3 Å². The Morgan fingerprint density at radius 2 is 1.95 bits per heavy atom. The molecule has 1 heterocycles. The lowest BCUT2D eigenvalue weighted by Crippen LogP contribution is -2.62. The van der Waals surface area contributed by atoms with Gasteiger partial charge in [0.15, 0.2) is 5.60 Å². The molecule has 2 atom stereocenters. The van der Waals surface area contributed by atoms with Crippen LogP contribution in [0.4, 0.5) is 13.2 Å². The van der Waals surface area contributed by atoms with E-state index in [0.29, 0.717) is 12.1 Å². The minimum Gasteiger partial charge on any atom is -0.378 e. The summed E-state index contributed by atoms with van der Waals surface area (Å²) in [5.74, 6) is 0. The SMILES string of the molecule is OC(Cc1ccccc1)(C1CNCCO1)C(F)(F)F. The molecule has 1 saturated heterocycles. The van der Waals surface area contributed by atoms with E-state index in [1.165, 1.54) is 0 Å². The zero-order chi connectivity index (χ0) is 13.9. The highest BCUT2D eigenvalue weighted by Crippen LogP contribution is 2.37. The van der Waals surface area contributed by atoms with Gasteiger partial charge in [-0.05, 0) is 5.56 Å². The summed E-state index contributed by atoms with van der Waals surface area (Å²) in [6, 6.07) is 8.13. The molecular weight excluding hydrogens is 259 g/mol. The van der Waals surface area contributed by atoms with Gasteiger partial charge in [0.1, 0.15) is 6.10 Å². The number of nitrogens with one attached hydrogen (secondary N) is 1. The average Bonchev–Trinajstić information content (AvgIpc) is 2.39. The number of ether oxygens (including phenoxy) is 1. The highest BCUT2D eigenvalue weighted by molar-refractivity contribution is 5.19. The third-order valence-electron chi connectivity index (χ3n) is 3.27. The Hall–Kier alpha value is -1.11. The van der Waals surface area contributed by atoms with Crippen LogP contribution in [0.15, 0.2) is 30.3 Å². The first-order chi connectivity index (χ1) is 8.93. The van der Waals surface area contributed by atoms with Gasteiger partial charge in [0.25, 0.3) is 0 Å². The Bertz CT molecular complexity index is 404. The summed E-state index contributed by atoms with van der Waals surface area (Å²) in [6.07, 6.45) is -6.54. The van der Waals surface area contributed by atoms with Crippen LogP contribution in [0.2, 0.25) is 0 Å². The van der Waals surface area contributed by atoms with Crippen molar-refractivity contribution in [1.29, 1.82) is 0 Å². The fraction of sp³-hybridized carbons (Fsp3) is 0.538. The van der Waals surface area contributed by atoms with Gasteiger partial charge in [-0.15, -0.1) is 0 Å². The summed E-state index contributed by atoms with van der Waals surface area (Å²) >= 11 is 0. The van der Waals surface area contributed by atoms with Gasteiger partial charge in [-0.25, -0.2) is 0 Å². The van der Waals surface area contributed by atoms with Gasteiger partial charge in [-0.1, -0.05) is 30.3 Å². The third kappa shape index (κ3) is 3.08. The van der Waals surface area contributed by atoms with Crippen molar-refractivity contribution in [2.24, 2.45) is 0 Å². The largest absolute Gasteiger partial charge is 0.420 e. The number of hydrogen-bond acceptors (Lipinski definition) is 3. The Morgan fingerprint density at radius 3 is 2.47 bits per heavy atom. The number of benzene rings is 1. The van der Waals surface area contributed by atoms with Crippen molar-refractivity contribution in [3.63, 3.8) is 0 Å². The summed E-state index contributed by atoms with van der Waals surface area (Å²) < 4.78 is 44.8. The van der Waals surface area contributed by atoms with E-state index in [-0.39, 0.29) is 13.2 Å². The van der Waals surface area contributed by atoms with Crippen LogP contribution in [0.3, 0.4) is 0 Å². The van der Waals surface area contributed by atoms with Crippen LogP contribution < -0.4 is 5.32 Å². The lowest BCUT2D eigenvalue weighted by atomic mass is 9.87. The number of alkyl halides is 3. The van der Waals surface area contributed by atoms with Gasteiger partial charge in [0, 0.05) is 19.5 Å². The van der Waals surface area contributed by atoms with Gasteiger partial charge >= 0.3 is 6.18 Å². The maximum absolute atomic E-state index is 13.2. The van der Waals surface area contributed by atoms with Gasteiger partial charge in [-0.2, -0.15) is 13.2 Å². The second kappa shape index (κ2) is 5.48. The molecule has 1 aromatic rings. The summed E-state index contributed by atoms with van der Waals surface area (Å²) in [5.41, 5.74) is -2.45. The Labute approximate surface area is 109 Å². The maximum Gasteiger partial charge on any atom is 0.420 e. The zero-order valence-corrected chi connectivity index (χ0v) is 10.3. The monoisotopic (exact) mass is 275 g/mol. The molecule has 1 fully saturated rings. The van der Waals surface area contributed by atoms with Crippen molar-refractivity contribution in [2.45, 2.75) is 24.3 Å². The van der Waals surface area contributed by atoms with Crippen LogP contribution in [-0.2, 0) is 11.2 Å². The molecule has 0 radical (unpaired) electrons. The van der Waals surface area contributed by atoms with E-state index in [1.807, 2.05) is 0 Å². The van der Waals surface area contributed by atoms with Gasteiger partial charge in [-0.3, -0.25) is 0 Å². The molecule has 1 aromatic carbocycles. The number of hydrogen-bond donors (Lipinski definition) is 2. The highest BCUT2D eigenvalue weighted by Gasteiger charge is 2.59. The van der Waals surface area contributed by atoms with Gasteiger partial charge in [0.2, 0.25) is 0 Å².